The third kappa shape index (κ3) is 5.11. The molecule has 0 amide bonds. The molecule has 0 radical (unpaired) electrons. The van der Waals surface area contributed by atoms with Crippen LogP contribution in [0.1, 0.15) is 56.0 Å². The van der Waals surface area contributed by atoms with Crippen LogP contribution in [0.15, 0.2) is 16.6 Å². The number of rotatable bonds is 6. The molecule has 0 saturated heterocycles. The summed E-state index contributed by atoms with van der Waals surface area (Å²) in [6.45, 7) is 7.36. The fourth-order valence-electron chi connectivity index (χ4n) is 3.37. The molecule has 0 aliphatic heterocycles. The van der Waals surface area contributed by atoms with Crippen molar-refractivity contribution in [1.29, 1.82) is 0 Å². The number of nitrogens with one attached hydrogen (secondary N) is 2. The van der Waals surface area contributed by atoms with Crippen molar-refractivity contribution in [3.8, 4) is 0 Å². The number of guanidine groups is 1. The fraction of sp³-hybridized carbons (Fsp3) is 0.684. The summed E-state index contributed by atoms with van der Waals surface area (Å²) < 4.78 is 1.96. The van der Waals surface area contributed by atoms with Crippen LogP contribution in [0, 0.1) is 13.8 Å². The predicted octanol–water partition coefficient (Wildman–Crippen LogP) is 3.02. The monoisotopic (exact) mass is 331 g/mol. The summed E-state index contributed by atoms with van der Waals surface area (Å²) in [5.41, 5.74) is 5.29. The summed E-state index contributed by atoms with van der Waals surface area (Å²) in [6.07, 6.45) is 9.71. The maximum Gasteiger partial charge on any atom is 0.191 e. The summed E-state index contributed by atoms with van der Waals surface area (Å²) in [6, 6.07) is 0.312. The Morgan fingerprint density at radius 3 is 2.75 bits per heavy atom. The Hall–Kier alpha value is -1.78. The van der Waals surface area contributed by atoms with Crippen molar-refractivity contribution in [2.24, 2.45) is 12.0 Å². The van der Waals surface area contributed by atoms with Gasteiger partial charge in [-0.2, -0.15) is 5.10 Å². The third-order valence-corrected chi connectivity index (χ3v) is 4.90. The van der Waals surface area contributed by atoms with Crippen molar-refractivity contribution >= 4 is 5.96 Å². The van der Waals surface area contributed by atoms with Gasteiger partial charge in [0.15, 0.2) is 5.96 Å². The quantitative estimate of drug-likeness (QED) is 0.479. The lowest BCUT2D eigenvalue weighted by molar-refractivity contribution is 0.628. The normalized spacial score (nSPS) is 16.7. The Morgan fingerprint density at radius 1 is 1.38 bits per heavy atom. The van der Waals surface area contributed by atoms with Gasteiger partial charge in [-0.1, -0.05) is 11.6 Å². The SMILES string of the molecule is CN=C(NCCC1=CCCCC1)NC(C)Cc1c(C)nn(C)c1C. The van der Waals surface area contributed by atoms with Gasteiger partial charge in [0.2, 0.25) is 0 Å². The molecule has 5 nitrogen and oxygen atoms in total. The molecule has 24 heavy (non-hydrogen) atoms. The number of nitrogens with zero attached hydrogens (tertiary/aromatic N) is 3. The molecule has 0 aromatic carbocycles. The fourth-order valence-corrected chi connectivity index (χ4v) is 3.37. The molecular formula is C19H33N5. The van der Waals surface area contributed by atoms with Crippen LogP contribution >= 0.6 is 0 Å². The van der Waals surface area contributed by atoms with Crippen LogP contribution in [0.25, 0.3) is 0 Å². The molecule has 2 rings (SSSR count). The summed E-state index contributed by atoms with van der Waals surface area (Å²) >= 11 is 0. The molecule has 1 aromatic rings. The summed E-state index contributed by atoms with van der Waals surface area (Å²) in [5, 5.41) is 11.4. The van der Waals surface area contributed by atoms with Crippen molar-refractivity contribution < 1.29 is 0 Å². The van der Waals surface area contributed by atoms with Crippen LogP contribution in [0.5, 0.6) is 0 Å². The maximum atomic E-state index is 4.50. The topological polar surface area (TPSA) is 54.2 Å². The van der Waals surface area contributed by atoms with E-state index in [1.165, 1.54) is 36.9 Å². The molecule has 0 bridgehead atoms. The van der Waals surface area contributed by atoms with Gasteiger partial charge in [0.25, 0.3) is 0 Å². The number of hydrogen-bond acceptors (Lipinski definition) is 2. The van der Waals surface area contributed by atoms with E-state index in [0.717, 1.165) is 31.0 Å². The first kappa shape index (κ1) is 18.6. The Morgan fingerprint density at radius 2 is 2.17 bits per heavy atom. The van der Waals surface area contributed by atoms with Gasteiger partial charge in [0.1, 0.15) is 0 Å². The highest BCUT2D eigenvalue weighted by molar-refractivity contribution is 5.79. The molecule has 1 aromatic heterocycles. The van der Waals surface area contributed by atoms with Crippen LogP contribution < -0.4 is 10.6 Å². The van der Waals surface area contributed by atoms with E-state index >= 15 is 0 Å². The number of allylic oxidation sites excluding steroid dienone is 1. The van der Waals surface area contributed by atoms with E-state index in [4.69, 9.17) is 0 Å². The Bertz CT molecular complexity index is 597. The van der Waals surface area contributed by atoms with Crippen molar-refractivity contribution in [3.05, 3.63) is 28.6 Å². The predicted molar refractivity (Wildman–Crippen MR) is 102 cm³/mol. The van der Waals surface area contributed by atoms with E-state index in [1.807, 2.05) is 18.8 Å². The molecule has 0 spiro atoms. The summed E-state index contributed by atoms with van der Waals surface area (Å²) in [5.74, 6) is 0.887. The van der Waals surface area contributed by atoms with Crippen LogP contribution in [-0.2, 0) is 13.5 Å². The van der Waals surface area contributed by atoms with Gasteiger partial charge >= 0.3 is 0 Å². The van der Waals surface area contributed by atoms with Gasteiger partial charge in [-0.25, -0.2) is 0 Å². The van der Waals surface area contributed by atoms with E-state index in [-0.39, 0.29) is 0 Å². The van der Waals surface area contributed by atoms with Gasteiger partial charge in [0, 0.05) is 32.4 Å². The highest BCUT2D eigenvalue weighted by atomic mass is 15.3. The van der Waals surface area contributed by atoms with Gasteiger partial charge in [-0.3, -0.25) is 9.67 Å². The standard InChI is InChI=1S/C19H33N5/c1-14(13-18-15(2)23-24(5)16(18)3)22-19(20-4)21-12-11-17-9-7-6-8-10-17/h9,14H,6-8,10-13H2,1-5H3,(H2,20,21,22). The Labute approximate surface area is 146 Å². The first-order valence-electron chi connectivity index (χ1n) is 9.15. The lowest BCUT2D eigenvalue weighted by Crippen LogP contribution is -2.43. The molecule has 1 atom stereocenters. The van der Waals surface area contributed by atoms with E-state index in [2.05, 4.69) is 47.6 Å². The van der Waals surface area contributed by atoms with Gasteiger partial charge in [0.05, 0.1) is 5.69 Å². The number of aryl methyl sites for hydroxylation is 2. The Kier molecular flexibility index (Phi) is 6.88. The molecule has 0 saturated carbocycles. The molecule has 1 heterocycles. The average Bonchev–Trinajstić information content (AvgIpc) is 2.81. The zero-order chi connectivity index (χ0) is 17.5. The second-order valence-electron chi connectivity index (χ2n) is 6.88. The van der Waals surface area contributed by atoms with Crippen molar-refractivity contribution in [1.82, 2.24) is 20.4 Å². The zero-order valence-corrected chi connectivity index (χ0v) is 15.9. The smallest absolute Gasteiger partial charge is 0.191 e. The van der Waals surface area contributed by atoms with E-state index < -0.39 is 0 Å². The lowest BCUT2D eigenvalue weighted by atomic mass is 9.97. The first-order chi connectivity index (χ1) is 11.5. The van der Waals surface area contributed by atoms with Crippen molar-refractivity contribution in [2.75, 3.05) is 13.6 Å². The second kappa shape index (κ2) is 8.90. The lowest BCUT2D eigenvalue weighted by Gasteiger charge is -2.19. The number of aromatic nitrogens is 2. The van der Waals surface area contributed by atoms with Crippen LogP contribution in [0.4, 0.5) is 0 Å². The maximum absolute atomic E-state index is 4.50. The largest absolute Gasteiger partial charge is 0.356 e. The van der Waals surface area contributed by atoms with Gasteiger partial charge in [-0.15, -0.1) is 0 Å². The molecule has 1 aliphatic rings. The second-order valence-corrected chi connectivity index (χ2v) is 6.88. The molecular weight excluding hydrogens is 298 g/mol. The summed E-state index contributed by atoms with van der Waals surface area (Å²) in [4.78, 5) is 4.36. The minimum atomic E-state index is 0.312. The van der Waals surface area contributed by atoms with Gasteiger partial charge in [-0.05, 0) is 64.9 Å². The van der Waals surface area contributed by atoms with Crippen LogP contribution in [0.2, 0.25) is 0 Å². The van der Waals surface area contributed by atoms with E-state index in [1.54, 1.807) is 5.57 Å². The van der Waals surface area contributed by atoms with Crippen LogP contribution in [0.3, 0.4) is 0 Å². The molecule has 134 valence electrons. The highest BCUT2D eigenvalue weighted by Gasteiger charge is 2.14. The number of aliphatic imine (C=N–C) groups is 1. The zero-order valence-electron chi connectivity index (χ0n) is 15.9. The van der Waals surface area contributed by atoms with Crippen molar-refractivity contribution in [2.45, 2.75) is 65.3 Å². The minimum absolute atomic E-state index is 0.312. The van der Waals surface area contributed by atoms with E-state index in [0.29, 0.717) is 6.04 Å². The van der Waals surface area contributed by atoms with E-state index in [9.17, 15) is 0 Å². The molecule has 2 N–H and O–H groups in total. The molecule has 5 heteroatoms. The third-order valence-electron chi connectivity index (χ3n) is 4.90. The summed E-state index contributed by atoms with van der Waals surface area (Å²) in [7, 11) is 3.84. The minimum Gasteiger partial charge on any atom is -0.356 e. The molecule has 1 aliphatic carbocycles. The first-order valence-corrected chi connectivity index (χ1v) is 9.15. The number of hydrogen-bond donors (Lipinski definition) is 2. The highest BCUT2D eigenvalue weighted by Crippen LogP contribution is 2.19. The molecule has 0 fully saturated rings. The average molecular weight is 332 g/mol. The molecule has 1 unspecified atom stereocenters. The van der Waals surface area contributed by atoms with Gasteiger partial charge < -0.3 is 10.6 Å². The van der Waals surface area contributed by atoms with Crippen LogP contribution in [-0.4, -0.2) is 35.4 Å². The Balaban J connectivity index is 1.80. The van der Waals surface area contributed by atoms with Crippen molar-refractivity contribution in [3.63, 3.8) is 0 Å².